The monoisotopic (exact) mass is 203 g/mol. The van der Waals surface area contributed by atoms with Gasteiger partial charge in [-0.2, -0.15) is 0 Å². The van der Waals surface area contributed by atoms with Gasteiger partial charge in [0.1, 0.15) is 0 Å². The van der Waals surface area contributed by atoms with E-state index in [1.54, 1.807) is 0 Å². The molecule has 1 amide bonds. The quantitative estimate of drug-likeness (QED) is 0.786. The Balaban J connectivity index is 2.14. The van der Waals surface area contributed by atoms with Crippen LogP contribution < -0.4 is 5.32 Å². The molecule has 0 radical (unpaired) electrons. The molecule has 0 heterocycles. The Bertz CT molecular complexity index is 405. The number of anilines is 1. The van der Waals surface area contributed by atoms with Crippen molar-refractivity contribution in [1.29, 1.82) is 0 Å². The Hall–Kier alpha value is -1.31. The lowest BCUT2D eigenvalue weighted by atomic mass is 10.1. The van der Waals surface area contributed by atoms with Crippen molar-refractivity contribution in [3.63, 3.8) is 0 Å². The first-order valence-corrected chi connectivity index (χ1v) is 5.40. The van der Waals surface area contributed by atoms with E-state index in [9.17, 15) is 4.79 Å². The maximum atomic E-state index is 11.8. The van der Waals surface area contributed by atoms with Crippen molar-refractivity contribution in [3.8, 4) is 0 Å². The van der Waals surface area contributed by atoms with Crippen molar-refractivity contribution in [3.05, 3.63) is 29.3 Å². The molecule has 0 saturated heterocycles. The van der Waals surface area contributed by atoms with Crippen molar-refractivity contribution in [2.75, 3.05) is 5.32 Å². The molecular weight excluding hydrogens is 186 g/mol. The molecule has 1 N–H and O–H groups in total. The number of carbonyl (C=O) groups is 1. The highest BCUT2D eigenvalue weighted by Gasteiger charge is 2.44. The second-order valence-corrected chi connectivity index (χ2v) is 4.83. The minimum Gasteiger partial charge on any atom is -0.325 e. The van der Waals surface area contributed by atoms with Crippen LogP contribution in [0.25, 0.3) is 0 Å². The molecule has 0 atom stereocenters. The number of amides is 1. The van der Waals surface area contributed by atoms with Gasteiger partial charge in [-0.3, -0.25) is 4.79 Å². The van der Waals surface area contributed by atoms with E-state index in [4.69, 9.17) is 0 Å². The third-order valence-electron chi connectivity index (χ3n) is 3.18. The van der Waals surface area contributed by atoms with Crippen molar-refractivity contribution < 1.29 is 4.79 Å². The van der Waals surface area contributed by atoms with Gasteiger partial charge in [0, 0.05) is 11.1 Å². The van der Waals surface area contributed by atoms with Crippen molar-refractivity contribution in [1.82, 2.24) is 0 Å². The topological polar surface area (TPSA) is 29.1 Å². The predicted octanol–water partition coefficient (Wildman–Crippen LogP) is 3.04. The standard InChI is InChI=1S/C13H17NO/c1-9-4-5-11(10(2)8-9)14-12(15)13(3)6-7-13/h4-5,8H,6-7H2,1-3H3,(H,14,15). The van der Waals surface area contributed by atoms with E-state index < -0.39 is 0 Å². The third kappa shape index (κ3) is 2.04. The summed E-state index contributed by atoms with van der Waals surface area (Å²) >= 11 is 0. The minimum atomic E-state index is -0.0999. The summed E-state index contributed by atoms with van der Waals surface area (Å²) in [6, 6.07) is 6.09. The summed E-state index contributed by atoms with van der Waals surface area (Å²) in [6.07, 6.45) is 2.04. The highest BCUT2D eigenvalue weighted by molar-refractivity contribution is 5.97. The molecule has 2 nitrogen and oxygen atoms in total. The molecule has 1 aliphatic rings. The average Bonchev–Trinajstić information content (AvgIpc) is 2.90. The van der Waals surface area contributed by atoms with Gasteiger partial charge in [-0.25, -0.2) is 0 Å². The maximum Gasteiger partial charge on any atom is 0.230 e. The van der Waals surface area contributed by atoms with Gasteiger partial charge in [0.15, 0.2) is 0 Å². The second-order valence-electron chi connectivity index (χ2n) is 4.83. The summed E-state index contributed by atoms with van der Waals surface area (Å²) < 4.78 is 0. The zero-order valence-electron chi connectivity index (χ0n) is 9.55. The van der Waals surface area contributed by atoms with Crippen LogP contribution in [0.1, 0.15) is 30.9 Å². The molecule has 1 aliphatic carbocycles. The highest BCUT2D eigenvalue weighted by Crippen LogP contribution is 2.45. The molecular formula is C13H17NO. The van der Waals surface area contributed by atoms with E-state index >= 15 is 0 Å². The highest BCUT2D eigenvalue weighted by atomic mass is 16.2. The van der Waals surface area contributed by atoms with Crippen LogP contribution in [0.2, 0.25) is 0 Å². The average molecular weight is 203 g/mol. The predicted molar refractivity (Wildman–Crippen MR) is 61.9 cm³/mol. The Morgan fingerprint density at radius 2 is 2.00 bits per heavy atom. The molecule has 0 aromatic heterocycles. The summed E-state index contributed by atoms with van der Waals surface area (Å²) in [7, 11) is 0. The summed E-state index contributed by atoms with van der Waals surface area (Å²) in [4.78, 5) is 11.8. The first-order valence-electron chi connectivity index (χ1n) is 5.40. The molecule has 1 fully saturated rings. The maximum absolute atomic E-state index is 11.8. The molecule has 1 saturated carbocycles. The van der Waals surface area contributed by atoms with E-state index in [0.717, 1.165) is 24.1 Å². The first kappa shape index (κ1) is 10.2. The molecule has 0 bridgehead atoms. The van der Waals surface area contributed by atoms with Gasteiger partial charge in [-0.05, 0) is 38.3 Å². The summed E-state index contributed by atoms with van der Waals surface area (Å²) in [5.41, 5.74) is 3.20. The van der Waals surface area contributed by atoms with Gasteiger partial charge >= 0.3 is 0 Å². The van der Waals surface area contributed by atoms with Gasteiger partial charge in [-0.15, -0.1) is 0 Å². The Morgan fingerprint density at radius 3 is 2.53 bits per heavy atom. The van der Waals surface area contributed by atoms with Crippen LogP contribution in [-0.4, -0.2) is 5.91 Å². The van der Waals surface area contributed by atoms with Crippen molar-refractivity contribution >= 4 is 11.6 Å². The van der Waals surface area contributed by atoms with E-state index in [1.807, 2.05) is 26.0 Å². The van der Waals surface area contributed by atoms with Crippen LogP contribution in [0.3, 0.4) is 0 Å². The van der Waals surface area contributed by atoms with E-state index in [2.05, 4.69) is 18.3 Å². The number of rotatable bonds is 2. The van der Waals surface area contributed by atoms with E-state index in [-0.39, 0.29) is 11.3 Å². The van der Waals surface area contributed by atoms with Gasteiger partial charge in [-0.1, -0.05) is 24.6 Å². The lowest BCUT2D eigenvalue weighted by molar-refractivity contribution is -0.120. The summed E-state index contributed by atoms with van der Waals surface area (Å²) in [5, 5.41) is 3.00. The fourth-order valence-electron chi connectivity index (χ4n) is 1.64. The zero-order valence-corrected chi connectivity index (χ0v) is 9.55. The lowest BCUT2D eigenvalue weighted by Gasteiger charge is -2.12. The van der Waals surface area contributed by atoms with Crippen LogP contribution in [0.15, 0.2) is 18.2 Å². The van der Waals surface area contributed by atoms with Crippen LogP contribution in [-0.2, 0) is 4.79 Å². The Kier molecular flexibility index (Phi) is 2.29. The number of carbonyl (C=O) groups excluding carboxylic acids is 1. The van der Waals surface area contributed by atoms with Crippen LogP contribution in [0, 0.1) is 19.3 Å². The van der Waals surface area contributed by atoms with Crippen molar-refractivity contribution in [2.45, 2.75) is 33.6 Å². The normalized spacial score (nSPS) is 17.3. The fraction of sp³-hybridized carbons (Fsp3) is 0.462. The van der Waals surface area contributed by atoms with Crippen LogP contribution in [0.5, 0.6) is 0 Å². The number of nitrogens with one attached hydrogen (secondary N) is 1. The smallest absolute Gasteiger partial charge is 0.230 e. The van der Waals surface area contributed by atoms with Gasteiger partial charge in [0.25, 0.3) is 0 Å². The summed E-state index contributed by atoms with van der Waals surface area (Å²) in [5.74, 6) is 0.162. The van der Waals surface area contributed by atoms with Gasteiger partial charge < -0.3 is 5.32 Å². The summed E-state index contributed by atoms with van der Waals surface area (Å²) in [6.45, 7) is 6.10. The fourth-order valence-corrected chi connectivity index (χ4v) is 1.64. The lowest BCUT2D eigenvalue weighted by Crippen LogP contribution is -2.21. The molecule has 80 valence electrons. The molecule has 2 rings (SSSR count). The molecule has 1 aromatic rings. The van der Waals surface area contributed by atoms with Crippen molar-refractivity contribution in [2.24, 2.45) is 5.41 Å². The van der Waals surface area contributed by atoms with E-state index in [1.165, 1.54) is 5.56 Å². The molecule has 0 spiro atoms. The van der Waals surface area contributed by atoms with Gasteiger partial charge in [0.2, 0.25) is 5.91 Å². The number of aryl methyl sites for hydroxylation is 2. The largest absolute Gasteiger partial charge is 0.325 e. The number of hydrogen-bond donors (Lipinski definition) is 1. The molecule has 15 heavy (non-hydrogen) atoms. The Labute approximate surface area is 90.7 Å². The first-order chi connectivity index (χ1) is 7.01. The minimum absolute atomic E-state index is 0.0999. The molecule has 0 unspecified atom stereocenters. The van der Waals surface area contributed by atoms with E-state index in [0.29, 0.717) is 0 Å². The molecule has 1 aromatic carbocycles. The SMILES string of the molecule is Cc1ccc(NC(=O)C2(C)CC2)c(C)c1. The second kappa shape index (κ2) is 3.37. The zero-order chi connectivity index (χ0) is 11.1. The Morgan fingerprint density at radius 1 is 1.33 bits per heavy atom. The number of hydrogen-bond acceptors (Lipinski definition) is 1. The number of benzene rings is 1. The van der Waals surface area contributed by atoms with Crippen LogP contribution >= 0.6 is 0 Å². The third-order valence-corrected chi connectivity index (χ3v) is 3.18. The van der Waals surface area contributed by atoms with Gasteiger partial charge in [0.05, 0.1) is 0 Å². The molecule has 2 heteroatoms. The van der Waals surface area contributed by atoms with Crippen LogP contribution in [0.4, 0.5) is 5.69 Å². The molecule has 0 aliphatic heterocycles.